The van der Waals surface area contributed by atoms with Gasteiger partial charge in [0.25, 0.3) is 0 Å². The highest BCUT2D eigenvalue weighted by molar-refractivity contribution is 7.13. The third kappa shape index (κ3) is 3.67. The molecule has 0 aliphatic rings. The zero-order valence-electron chi connectivity index (χ0n) is 12.4. The minimum atomic E-state index is -1.06. The van der Waals surface area contributed by atoms with E-state index in [0.29, 0.717) is 27.2 Å². The summed E-state index contributed by atoms with van der Waals surface area (Å²) in [6.45, 7) is 0.250. The first-order valence-electron chi connectivity index (χ1n) is 6.99. The Balaban J connectivity index is 1.84. The fourth-order valence-corrected chi connectivity index (χ4v) is 2.84. The molecule has 24 heavy (non-hydrogen) atoms. The molecule has 2 aromatic carbocycles. The number of rotatable bonds is 5. The number of ether oxygens (including phenoxy) is 1. The molecule has 7 heteroatoms. The molecular formula is C17H13ClN2O3S. The first-order valence-corrected chi connectivity index (χ1v) is 8.24. The zero-order chi connectivity index (χ0) is 17.1. The van der Waals surface area contributed by atoms with Crippen molar-refractivity contribution >= 4 is 34.0 Å². The van der Waals surface area contributed by atoms with Crippen molar-refractivity contribution in [2.45, 2.75) is 6.61 Å². The van der Waals surface area contributed by atoms with E-state index in [0.717, 1.165) is 5.56 Å². The van der Waals surface area contributed by atoms with Crippen LogP contribution in [0, 0.1) is 0 Å². The molecule has 0 unspecified atom stereocenters. The SMILES string of the molecule is Nc1nc(-c2ccc(OCc3ccc(Cl)cc3)c(C(=O)O)c2)cs1. The number of carboxylic acids is 1. The monoisotopic (exact) mass is 360 g/mol. The lowest BCUT2D eigenvalue weighted by atomic mass is 10.1. The van der Waals surface area contributed by atoms with Gasteiger partial charge in [-0.3, -0.25) is 0 Å². The summed E-state index contributed by atoms with van der Waals surface area (Å²) in [6.07, 6.45) is 0. The second-order valence-corrected chi connectivity index (χ2v) is 6.33. The number of hydrogen-bond acceptors (Lipinski definition) is 5. The van der Waals surface area contributed by atoms with E-state index in [4.69, 9.17) is 22.1 Å². The maximum absolute atomic E-state index is 11.5. The van der Waals surface area contributed by atoms with E-state index in [-0.39, 0.29) is 12.2 Å². The molecule has 0 fully saturated rings. The van der Waals surface area contributed by atoms with E-state index in [2.05, 4.69) is 4.98 Å². The van der Waals surface area contributed by atoms with Gasteiger partial charge in [-0.05, 0) is 35.9 Å². The summed E-state index contributed by atoms with van der Waals surface area (Å²) < 4.78 is 5.65. The van der Waals surface area contributed by atoms with Crippen LogP contribution in [-0.2, 0) is 6.61 Å². The molecule has 1 aromatic heterocycles. The Morgan fingerprint density at radius 1 is 1.25 bits per heavy atom. The zero-order valence-corrected chi connectivity index (χ0v) is 14.0. The molecule has 5 nitrogen and oxygen atoms in total. The summed E-state index contributed by atoms with van der Waals surface area (Å²) in [6, 6.07) is 12.1. The maximum Gasteiger partial charge on any atom is 0.339 e. The van der Waals surface area contributed by atoms with E-state index in [1.165, 1.54) is 17.4 Å². The van der Waals surface area contributed by atoms with E-state index in [9.17, 15) is 9.90 Å². The lowest BCUT2D eigenvalue weighted by molar-refractivity contribution is 0.0692. The number of carbonyl (C=O) groups is 1. The van der Waals surface area contributed by atoms with Crippen LogP contribution in [0.5, 0.6) is 5.75 Å². The molecule has 0 saturated carbocycles. The van der Waals surface area contributed by atoms with Gasteiger partial charge < -0.3 is 15.6 Å². The van der Waals surface area contributed by atoms with Crippen molar-refractivity contribution in [3.8, 4) is 17.0 Å². The van der Waals surface area contributed by atoms with Gasteiger partial charge in [-0.1, -0.05) is 23.7 Å². The van der Waals surface area contributed by atoms with Gasteiger partial charge in [0.1, 0.15) is 17.9 Å². The second-order valence-electron chi connectivity index (χ2n) is 5.00. The van der Waals surface area contributed by atoms with Crippen LogP contribution in [0.25, 0.3) is 11.3 Å². The van der Waals surface area contributed by atoms with Crippen LogP contribution in [0.15, 0.2) is 47.8 Å². The Kier molecular flexibility index (Phi) is 4.69. The van der Waals surface area contributed by atoms with Crippen molar-refractivity contribution in [1.29, 1.82) is 0 Å². The van der Waals surface area contributed by atoms with Crippen LogP contribution in [0.2, 0.25) is 5.02 Å². The Morgan fingerprint density at radius 3 is 2.62 bits per heavy atom. The molecule has 122 valence electrons. The summed E-state index contributed by atoms with van der Waals surface area (Å²) in [5, 5.41) is 12.3. The number of nitrogens with two attached hydrogens (primary N) is 1. The molecule has 0 atom stereocenters. The number of thiazole rings is 1. The van der Waals surface area contributed by atoms with Crippen LogP contribution in [-0.4, -0.2) is 16.1 Å². The topological polar surface area (TPSA) is 85.4 Å². The van der Waals surface area contributed by atoms with Gasteiger partial charge in [0.2, 0.25) is 0 Å². The molecule has 0 aliphatic heterocycles. The lowest BCUT2D eigenvalue weighted by Crippen LogP contribution is -2.04. The highest BCUT2D eigenvalue weighted by atomic mass is 35.5. The molecule has 3 rings (SSSR count). The lowest BCUT2D eigenvalue weighted by Gasteiger charge is -2.10. The Bertz CT molecular complexity index is 878. The van der Waals surface area contributed by atoms with Crippen LogP contribution in [0.3, 0.4) is 0 Å². The number of nitrogen functional groups attached to an aromatic ring is 1. The predicted molar refractivity (Wildman–Crippen MR) is 94.7 cm³/mol. The quantitative estimate of drug-likeness (QED) is 0.707. The average Bonchev–Trinajstić information content (AvgIpc) is 3.00. The maximum atomic E-state index is 11.5. The molecule has 0 radical (unpaired) electrons. The second kappa shape index (κ2) is 6.90. The number of halogens is 1. The summed E-state index contributed by atoms with van der Waals surface area (Å²) in [7, 11) is 0. The molecule has 0 saturated heterocycles. The molecule has 3 N–H and O–H groups in total. The van der Waals surface area contributed by atoms with Crippen LogP contribution in [0.4, 0.5) is 5.13 Å². The van der Waals surface area contributed by atoms with E-state index >= 15 is 0 Å². The smallest absolute Gasteiger partial charge is 0.339 e. The van der Waals surface area contributed by atoms with Gasteiger partial charge in [-0.15, -0.1) is 11.3 Å². The van der Waals surface area contributed by atoms with Gasteiger partial charge in [0.15, 0.2) is 5.13 Å². The van der Waals surface area contributed by atoms with E-state index in [1.807, 2.05) is 12.1 Å². The first kappa shape index (κ1) is 16.3. The van der Waals surface area contributed by atoms with Crippen LogP contribution < -0.4 is 10.5 Å². The molecule has 3 aromatic rings. The van der Waals surface area contributed by atoms with Crippen molar-refractivity contribution in [2.75, 3.05) is 5.73 Å². The summed E-state index contributed by atoms with van der Waals surface area (Å²) in [5.41, 5.74) is 7.92. The van der Waals surface area contributed by atoms with E-state index in [1.54, 1.807) is 29.6 Å². The molecule has 0 bridgehead atoms. The van der Waals surface area contributed by atoms with Gasteiger partial charge in [-0.2, -0.15) is 0 Å². The summed E-state index contributed by atoms with van der Waals surface area (Å²) in [5.74, 6) is -0.768. The number of aromatic carboxylic acids is 1. The predicted octanol–water partition coefficient (Wildman–Crippen LogP) is 4.32. The van der Waals surface area contributed by atoms with Crippen molar-refractivity contribution in [3.05, 3.63) is 64.0 Å². The summed E-state index contributed by atoms with van der Waals surface area (Å²) in [4.78, 5) is 15.7. The van der Waals surface area contributed by atoms with Crippen molar-refractivity contribution < 1.29 is 14.6 Å². The van der Waals surface area contributed by atoms with Gasteiger partial charge >= 0.3 is 5.97 Å². The minimum Gasteiger partial charge on any atom is -0.488 e. The average molecular weight is 361 g/mol. The largest absolute Gasteiger partial charge is 0.488 e. The minimum absolute atomic E-state index is 0.0769. The molecule has 0 aliphatic carbocycles. The number of anilines is 1. The molecule has 1 heterocycles. The van der Waals surface area contributed by atoms with Crippen LogP contribution in [0.1, 0.15) is 15.9 Å². The number of aromatic nitrogens is 1. The van der Waals surface area contributed by atoms with Gasteiger partial charge in [0.05, 0.1) is 5.69 Å². The third-order valence-electron chi connectivity index (χ3n) is 3.34. The number of nitrogens with zero attached hydrogens (tertiary/aromatic N) is 1. The number of carboxylic acid groups (broad SMARTS) is 1. The number of benzene rings is 2. The normalized spacial score (nSPS) is 10.5. The van der Waals surface area contributed by atoms with Gasteiger partial charge in [0, 0.05) is 16.0 Å². The fourth-order valence-electron chi connectivity index (χ4n) is 2.14. The van der Waals surface area contributed by atoms with Crippen LogP contribution >= 0.6 is 22.9 Å². The van der Waals surface area contributed by atoms with Crippen molar-refractivity contribution in [3.63, 3.8) is 0 Å². The first-order chi connectivity index (χ1) is 11.5. The molecular weight excluding hydrogens is 348 g/mol. The third-order valence-corrected chi connectivity index (χ3v) is 4.26. The summed E-state index contributed by atoms with van der Waals surface area (Å²) >= 11 is 7.14. The fraction of sp³-hybridized carbons (Fsp3) is 0.0588. The van der Waals surface area contributed by atoms with Crippen molar-refractivity contribution in [1.82, 2.24) is 4.98 Å². The Hall–Kier alpha value is -2.57. The Labute approximate surface area is 147 Å². The van der Waals surface area contributed by atoms with Gasteiger partial charge in [-0.25, -0.2) is 9.78 Å². The highest BCUT2D eigenvalue weighted by Crippen LogP contribution is 2.29. The van der Waals surface area contributed by atoms with Crippen molar-refractivity contribution in [2.24, 2.45) is 0 Å². The Morgan fingerprint density at radius 2 is 2.00 bits per heavy atom. The molecule has 0 spiro atoms. The highest BCUT2D eigenvalue weighted by Gasteiger charge is 2.14. The number of hydrogen-bond donors (Lipinski definition) is 2. The molecule has 0 amide bonds. The van der Waals surface area contributed by atoms with E-state index < -0.39 is 5.97 Å². The standard InChI is InChI=1S/C17H13ClN2O3S/c18-12-4-1-10(2-5-12)8-23-15-6-3-11(7-13(15)16(21)22)14-9-24-17(19)20-14/h1-7,9H,8H2,(H2,19,20)(H,21,22).